The number of amides is 1. The Hall–Kier alpha value is -1.41. The summed E-state index contributed by atoms with van der Waals surface area (Å²) in [6, 6.07) is 1.78. The summed E-state index contributed by atoms with van der Waals surface area (Å²) in [5.41, 5.74) is -0.0267. The zero-order valence-corrected chi connectivity index (χ0v) is 15.2. The lowest BCUT2D eigenvalue weighted by Crippen LogP contribution is -2.41. The van der Waals surface area contributed by atoms with E-state index < -0.39 is 17.7 Å². The number of nitrogens with zero attached hydrogens (tertiary/aromatic N) is 1. The number of fused-ring (bicyclic) bond motifs is 1. The molecular weight excluding hydrogens is 370 g/mol. The lowest BCUT2D eigenvalue weighted by molar-refractivity contribution is 0.0843. The number of H-pyrrole nitrogens is 1. The molecule has 0 aromatic carbocycles. The van der Waals surface area contributed by atoms with Crippen LogP contribution in [0, 0.1) is 0 Å². The van der Waals surface area contributed by atoms with Gasteiger partial charge in [0.05, 0.1) is 9.30 Å². The van der Waals surface area contributed by atoms with E-state index in [2.05, 4.69) is 31.2 Å². The second-order valence-electron chi connectivity index (χ2n) is 5.89. The molecule has 6 nitrogen and oxygen atoms in total. The normalized spacial score (nSPS) is 13.1. The van der Waals surface area contributed by atoms with E-state index in [1.54, 1.807) is 6.07 Å². The first-order chi connectivity index (χ1) is 10.2. The highest BCUT2D eigenvalue weighted by Gasteiger charge is 2.22. The molecule has 0 saturated carbocycles. The van der Waals surface area contributed by atoms with Crippen molar-refractivity contribution in [1.82, 2.24) is 15.3 Å². The molecule has 1 amide bonds. The molecule has 0 aliphatic rings. The highest BCUT2D eigenvalue weighted by atomic mass is 79.9. The van der Waals surface area contributed by atoms with Crippen molar-refractivity contribution in [1.29, 1.82) is 0 Å². The molecule has 0 fully saturated rings. The largest absolute Gasteiger partial charge is 0.438 e. The molecule has 1 atom stereocenters. The fourth-order valence-corrected chi connectivity index (χ4v) is 3.30. The van der Waals surface area contributed by atoms with E-state index in [1.165, 1.54) is 11.3 Å². The topological polar surface area (TPSA) is 84.1 Å². The number of carbonyl (C=O) groups excluding carboxylic acids is 1. The summed E-state index contributed by atoms with van der Waals surface area (Å²) in [6.07, 6.45) is -0.621. The maximum Gasteiger partial charge on any atom is 0.408 e. The van der Waals surface area contributed by atoms with Crippen LogP contribution in [0.1, 0.15) is 46.0 Å². The third-order valence-electron chi connectivity index (χ3n) is 2.77. The first kappa shape index (κ1) is 17.0. The van der Waals surface area contributed by atoms with Gasteiger partial charge in [0, 0.05) is 5.54 Å². The summed E-state index contributed by atoms with van der Waals surface area (Å²) in [7, 11) is 0. The lowest BCUT2D eigenvalue weighted by atomic mass is 10.1. The number of nitrogens with one attached hydrogen (secondary N) is 2. The molecule has 22 heavy (non-hydrogen) atoms. The molecule has 0 saturated heterocycles. The Morgan fingerprint density at radius 1 is 1.55 bits per heavy atom. The minimum absolute atomic E-state index is 0.228. The van der Waals surface area contributed by atoms with Gasteiger partial charge in [0.2, 0.25) is 0 Å². The molecular formula is C14H18BrN3O3S. The van der Waals surface area contributed by atoms with Gasteiger partial charge in [0.25, 0.3) is 5.56 Å². The Morgan fingerprint density at radius 3 is 2.82 bits per heavy atom. The second kappa shape index (κ2) is 6.37. The van der Waals surface area contributed by atoms with Gasteiger partial charge in [-0.25, -0.2) is 9.78 Å². The summed E-state index contributed by atoms with van der Waals surface area (Å²) in [6.45, 7) is 7.46. The van der Waals surface area contributed by atoms with Crippen molar-refractivity contribution >= 4 is 43.6 Å². The molecule has 8 heteroatoms. The Balaban J connectivity index is 2.27. The molecule has 0 bridgehead atoms. The van der Waals surface area contributed by atoms with Crippen LogP contribution in [0.4, 0.5) is 4.79 Å². The van der Waals surface area contributed by atoms with Crippen LogP contribution in [0.3, 0.4) is 0 Å². The smallest absolute Gasteiger partial charge is 0.408 e. The number of aromatic nitrogens is 2. The van der Waals surface area contributed by atoms with Crippen LogP contribution < -0.4 is 10.9 Å². The van der Waals surface area contributed by atoms with Crippen molar-refractivity contribution in [3.8, 4) is 0 Å². The Morgan fingerprint density at radius 2 is 2.23 bits per heavy atom. The minimum Gasteiger partial charge on any atom is -0.438 e. The fraction of sp³-hybridized carbons (Fsp3) is 0.500. The van der Waals surface area contributed by atoms with Crippen molar-refractivity contribution in [2.75, 3.05) is 0 Å². The Bertz CT molecular complexity index is 748. The standard InChI is InChI=1S/C14H18BrN3O3S/c1-5-8(21-13(20)18-14(2,3)4)11-16-7-6-9(15)22-10(7)12(19)17-11/h6,8H,5H2,1-4H3,(H,18,20)(H,16,17,19)/t8-/m0/s1. The molecule has 0 aliphatic carbocycles. The number of carbonyl (C=O) groups is 1. The third-order valence-corrected chi connectivity index (χ3v) is 4.40. The highest BCUT2D eigenvalue weighted by molar-refractivity contribution is 9.11. The van der Waals surface area contributed by atoms with Gasteiger partial charge >= 0.3 is 6.09 Å². The van der Waals surface area contributed by atoms with Gasteiger partial charge in [0.1, 0.15) is 4.70 Å². The lowest BCUT2D eigenvalue weighted by Gasteiger charge is -2.22. The van der Waals surface area contributed by atoms with Crippen LogP contribution in [0.25, 0.3) is 10.2 Å². The van der Waals surface area contributed by atoms with Gasteiger partial charge in [-0.1, -0.05) is 6.92 Å². The van der Waals surface area contributed by atoms with Crippen molar-refractivity contribution in [3.63, 3.8) is 0 Å². The summed E-state index contributed by atoms with van der Waals surface area (Å²) in [5.74, 6) is 0.356. The molecule has 120 valence electrons. The van der Waals surface area contributed by atoms with E-state index in [0.717, 1.165) is 3.79 Å². The van der Waals surface area contributed by atoms with E-state index in [9.17, 15) is 9.59 Å². The zero-order valence-electron chi connectivity index (χ0n) is 12.8. The number of aromatic amines is 1. The monoisotopic (exact) mass is 387 g/mol. The van der Waals surface area contributed by atoms with E-state index in [4.69, 9.17) is 4.74 Å². The SMILES string of the molecule is CC[C@H](OC(=O)NC(C)(C)C)c1nc2cc(Br)sc2c(=O)[nH]1. The third kappa shape index (κ3) is 4.07. The molecule has 2 heterocycles. The molecule has 0 unspecified atom stereocenters. The summed E-state index contributed by atoms with van der Waals surface area (Å²) >= 11 is 4.66. The van der Waals surface area contributed by atoms with Gasteiger partial charge in [-0.15, -0.1) is 11.3 Å². The number of alkyl carbamates (subject to hydrolysis) is 1. The second-order valence-corrected chi connectivity index (χ2v) is 8.32. The van der Waals surface area contributed by atoms with Crippen molar-refractivity contribution in [2.24, 2.45) is 0 Å². The molecule has 2 aromatic rings. The van der Waals surface area contributed by atoms with Crippen molar-refractivity contribution in [2.45, 2.75) is 45.8 Å². The number of hydrogen-bond acceptors (Lipinski definition) is 5. The van der Waals surface area contributed by atoms with Gasteiger partial charge in [0.15, 0.2) is 11.9 Å². The maximum absolute atomic E-state index is 12.1. The molecule has 0 spiro atoms. The fourth-order valence-electron chi connectivity index (χ4n) is 1.88. The van der Waals surface area contributed by atoms with Gasteiger partial charge < -0.3 is 15.0 Å². The summed E-state index contributed by atoms with van der Waals surface area (Å²) in [4.78, 5) is 31.1. The first-order valence-electron chi connectivity index (χ1n) is 6.87. The molecule has 0 radical (unpaired) electrons. The van der Waals surface area contributed by atoms with E-state index in [-0.39, 0.29) is 5.56 Å². The van der Waals surface area contributed by atoms with E-state index in [0.29, 0.717) is 22.5 Å². The number of rotatable bonds is 3. The summed E-state index contributed by atoms with van der Waals surface area (Å²) in [5, 5.41) is 2.72. The van der Waals surface area contributed by atoms with E-state index in [1.807, 2.05) is 27.7 Å². The molecule has 2 N–H and O–H groups in total. The van der Waals surface area contributed by atoms with Crippen LogP contribution in [-0.4, -0.2) is 21.6 Å². The average molecular weight is 388 g/mol. The first-order valence-corrected chi connectivity index (χ1v) is 8.48. The zero-order chi connectivity index (χ0) is 16.5. The maximum atomic E-state index is 12.1. The predicted molar refractivity (Wildman–Crippen MR) is 90.3 cm³/mol. The summed E-state index contributed by atoms with van der Waals surface area (Å²) < 4.78 is 6.76. The highest BCUT2D eigenvalue weighted by Crippen LogP contribution is 2.27. The van der Waals surface area contributed by atoms with Crippen LogP contribution in [0.15, 0.2) is 14.6 Å². The number of thiophene rings is 1. The van der Waals surface area contributed by atoms with Crippen molar-refractivity contribution < 1.29 is 9.53 Å². The number of hydrogen-bond donors (Lipinski definition) is 2. The van der Waals surface area contributed by atoms with Crippen LogP contribution in [0.2, 0.25) is 0 Å². The molecule has 2 aromatic heterocycles. The van der Waals surface area contributed by atoms with Crippen LogP contribution in [0.5, 0.6) is 0 Å². The van der Waals surface area contributed by atoms with E-state index >= 15 is 0 Å². The average Bonchev–Trinajstić information content (AvgIpc) is 2.74. The predicted octanol–water partition coefficient (Wildman–Crippen LogP) is 3.72. The van der Waals surface area contributed by atoms with Gasteiger partial charge in [-0.2, -0.15) is 0 Å². The minimum atomic E-state index is -0.599. The van der Waals surface area contributed by atoms with Crippen LogP contribution in [-0.2, 0) is 4.74 Å². The number of halogens is 1. The molecule has 2 rings (SSSR count). The Kier molecular flexibility index (Phi) is 4.91. The molecule has 0 aliphatic heterocycles. The van der Waals surface area contributed by atoms with Crippen molar-refractivity contribution in [3.05, 3.63) is 26.0 Å². The van der Waals surface area contributed by atoms with Gasteiger partial charge in [-0.3, -0.25) is 4.79 Å². The van der Waals surface area contributed by atoms with Gasteiger partial charge in [-0.05, 0) is 49.2 Å². The quantitative estimate of drug-likeness (QED) is 0.840. The Labute approximate surface area is 140 Å². The number of ether oxygens (including phenoxy) is 1. The van der Waals surface area contributed by atoms with Crippen LogP contribution >= 0.6 is 27.3 Å².